The van der Waals surface area contributed by atoms with E-state index in [1.165, 1.54) is 0 Å². The Morgan fingerprint density at radius 3 is 0.692 bits per heavy atom. The second-order valence-electron chi connectivity index (χ2n) is 12.9. The van der Waals surface area contributed by atoms with E-state index in [4.69, 9.17) is 47.5 Å². The van der Waals surface area contributed by atoms with Gasteiger partial charge in [0.05, 0.1) is 24.2 Å². The Bertz CT molecular complexity index is 1700. The number of hydrogen-bond donors (Lipinski definition) is 2. The topological polar surface area (TPSA) is 367 Å². The fourth-order valence-corrected chi connectivity index (χ4v) is 5.93. The van der Waals surface area contributed by atoms with E-state index in [0.29, 0.717) is 22.3 Å². The van der Waals surface area contributed by atoms with Crippen LogP contribution >= 0.6 is 0 Å². The molecule has 6 rings (SSSR count). The summed E-state index contributed by atoms with van der Waals surface area (Å²) in [4.78, 5) is 18.5. The van der Waals surface area contributed by atoms with Crippen molar-refractivity contribution in [2.75, 3.05) is 14.2 Å². The normalized spacial score (nSPS) is 17.9. The second-order valence-corrected chi connectivity index (χ2v) is 14.4. The van der Waals surface area contributed by atoms with Gasteiger partial charge in [0.15, 0.2) is 0 Å². The van der Waals surface area contributed by atoms with Crippen LogP contribution in [-0.2, 0) is 53.6 Å². The van der Waals surface area contributed by atoms with Crippen molar-refractivity contribution in [3.63, 3.8) is 0 Å². The minimum Gasteiger partial charge on any atom is -0.872 e. The fourth-order valence-electron chi connectivity index (χ4n) is 5.93. The summed E-state index contributed by atoms with van der Waals surface area (Å²) in [5.74, 6) is -0.0652. The minimum atomic E-state index is -4.94. The zero-order valence-corrected chi connectivity index (χ0v) is 41.5. The number of rotatable bonds is 8. The van der Waals surface area contributed by atoms with Crippen molar-refractivity contribution in [3.8, 4) is 23.0 Å². The third kappa shape index (κ3) is 30.5. The molecule has 2 saturated carbocycles. The van der Waals surface area contributed by atoms with Crippen LogP contribution in [0.25, 0.3) is 0 Å². The molecule has 0 aliphatic heterocycles. The maximum atomic E-state index is 11.8. The van der Waals surface area contributed by atoms with Crippen molar-refractivity contribution in [1.29, 1.82) is 0 Å². The second kappa shape index (κ2) is 36.7. The number of nitrogens with zero attached hydrogens (tertiary/aromatic N) is 4. The average molecular weight is 1100 g/mol. The van der Waals surface area contributed by atoms with Gasteiger partial charge in [0.1, 0.15) is 0 Å². The van der Waals surface area contributed by atoms with Gasteiger partial charge in [-0.2, -0.15) is 0 Å². The maximum absolute atomic E-state index is 11.8. The Kier molecular flexibility index (Phi) is 37.2. The van der Waals surface area contributed by atoms with E-state index >= 15 is 0 Å². The summed E-state index contributed by atoms with van der Waals surface area (Å²) >= 11 is 0. The summed E-state index contributed by atoms with van der Waals surface area (Å²) in [5, 5.41) is 61.1. The molecule has 0 saturated heterocycles. The molecule has 2 aliphatic rings. The van der Waals surface area contributed by atoms with Crippen molar-refractivity contribution in [2.45, 2.75) is 75.5 Å². The molecule has 0 spiro atoms. The molecule has 0 bridgehead atoms. The van der Waals surface area contributed by atoms with Gasteiger partial charge in [0.25, 0.3) is 0 Å². The fraction of sp³-hybridized carbons (Fsp3) is 0.333. The van der Waals surface area contributed by atoms with E-state index in [2.05, 4.69) is 20.0 Å². The van der Waals surface area contributed by atoms with Gasteiger partial charge in [0.2, 0.25) is 0 Å². The predicted octanol–water partition coefficient (Wildman–Crippen LogP) is -4.94. The molecule has 23 heteroatoms. The Morgan fingerprint density at radius 2 is 0.538 bits per heavy atom. The van der Waals surface area contributed by atoms with Crippen LogP contribution in [-0.4, -0.2) is 73.5 Å². The summed E-state index contributed by atoms with van der Waals surface area (Å²) in [7, 11) is -7.89. The van der Waals surface area contributed by atoms with E-state index in [9.17, 15) is 20.4 Å². The minimum absolute atomic E-state index is 0. The van der Waals surface area contributed by atoms with Crippen molar-refractivity contribution in [3.05, 3.63) is 119 Å². The van der Waals surface area contributed by atoms with E-state index < -0.39 is 20.5 Å². The molecule has 2 radical (unpaired) electrons. The van der Waals surface area contributed by atoms with Crippen LogP contribution < -0.4 is 57.7 Å². The molecule has 0 aromatic heterocycles. The molecule has 65 heavy (non-hydrogen) atoms. The van der Waals surface area contributed by atoms with Crippen molar-refractivity contribution < 1.29 is 142 Å². The summed E-state index contributed by atoms with van der Waals surface area (Å²) < 4.78 is 67.9. The molecule has 0 amide bonds. The first-order valence-corrected chi connectivity index (χ1v) is 21.2. The SMILES string of the molecule is CO.CO.[Cu+2].[Cu+2].[O-][Cl+3]([O-])([O-])[O-].[O-][Cl+3]([O-])([O-])[O-].[O-]c1ccccc1C=N[C@@H]1CCCC[C@H]1N=Cc1ccccc1[O-].[O-]c1ccccc1C=N[C@@H]1CCCC[C@H]1N=Cc1ccccc1[O-].[Zn+2]. The molecule has 4 aromatic rings. The molecule has 2 aliphatic carbocycles. The Hall–Kier alpha value is -3.40. The summed E-state index contributed by atoms with van der Waals surface area (Å²) in [6, 6.07) is 27.8. The first-order valence-electron chi connectivity index (χ1n) is 18.8. The van der Waals surface area contributed by atoms with Crippen LogP contribution in [0.1, 0.15) is 73.6 Å². The zero-order valence-electron chi connectivity index (χ0n) is 35.2. The Labute approximate surface area is 416 Å². The third-order valence-corrected chi connectivity index (χ3v) is 8.68. The standard InChI is InChI=1S/2C20H22N2O2.2CH4O.2ClHO4.2Cu.Zn/c2*23-19-11-5-1-7-15(19)13-21-17-9-3-4-10-18(17)22-14-16-8-2-6-12-20(16)24;2*1-2;2*2-1(3,4)5;;;/h2*1-2,5-8,11-14,17-18,23-24H,3-4,9-10H2;2*2H,1H3;2*(H,2,3,4,5);;;/q;;;;;;3*+2/p-6/t2*17-,18-;;;;;;;/m11......./s1. The van der Waals surface area contributed by atoms with Gasteiger partial charge in [0, 0.05) is 39.1 Å². The molecule has 2 N–H and O–H groups in total. The monoisotopic (exact) mass is 1090 g/mol. The van der Waals surface area contributed by atoms with Crippen LogP contribution in [0.5, 0.6) is 23.0 Å². The number of hydrogen-bond acceptors (Lipinski definition) is 18. The van der Waals surface area contributed by atoms with E-state index in [0.717, 1.165) is 65.6 Å². The number of aliphatic imine (C=N–C) groups is 4. The molecule has 2 fully saturated rings. The van der Waals surface area contributed by atoms with Gasteiger partial charge < -0.3 is 30.6 Å². The van der Waals surface area contributed by atoms with Gasteiger partial charge in [-0.15, -0.1) is 43.5 Å². The Balaban J connectivity index is -0.000000889. The molecular formula is C42H48Cl2Cu2N4O14Zn. The number of halogens is 2. The number of para-hydroxylation sites is 4. The summed E-state index contributed by atoms with van der Waals surface area (Å²) in [6.07, 6.45) is 15.0. The number of aliphatic hydroxyl groups is 2. The summed E-state index contributed by atoms with van der Waals surface area (Å²) in [5.41, 5.74) is 2.43. The van der Waals surface area contributed by atoms with E-state index in [1.54, 1.807) is 97.7 Å². The molecule has 18 nitrogen and oxygen atoms in total. The van der Waals surface area contributed by atoms with Crippen molar-refractivity contribution in [2.24, 2.45) is 20.0 Å². The smallest absolute Gasteiger partial charge is 0.872 e. The Morgan fingerprint density at radius 1 is 0.385 bits per heavy atom. The molecular weight excluding hydrogens is 1050 g/mol. The molecule has 358 valence electrons. The van der Waals surface area contributed by atoms with Gasteiger partial charge >= 0.3 is 53.6 Å². The maximum Gasteiger partial charge on any atom is 2.00 e. The number of benzene rings is 4. The van der Waals surface area contributed by atoms with Crippen LogP contribution in [0, 0.1) is 20.5 Å². The molecule has 0 unspecified atom stereocenters. The van der Waals surface area contributed by atoms with Gasteiger partial charge in [-0.05, 0) is 47.9 Å². The average Bonchev–Trinajstić information content (AvgIpc) is 3.24. The first-order chi connectivity index (χ1) is 29.5. The van der Waals surface area contributed by atoms with Crippen LogP contribution in [0.4, 0.5) is 0 Å². The van der Waals surface area contributed by atoms with Gasteiger partial charge in [-0.1, -0.05) is 123 Å². The van der Waals surface area contributed by atoms with Gasteiger partial charge in [-0.3, -0.25) is 20.0 Å². The van der Waals surface area contributed by atoms with E-state index in [-0.39, 0.29) is 101 Å². The van der Waals surface area contributed by atoms with Gasteiger partial charge in [-0.25, -0.2) is 37.3 Å². The first kappa shape index (κ1) is 65.9. The van der Waals surface area contributed by atoms with Crippen LogP contribution in [0.3, 0.4) is 0 Å². The van der Waals surface area contributed by atoms with Crippen LogP contribution in [0.15, 0.2) is 117 Å². The van der Waals surface area contributed by atoms with Crippen LogP contribution in [0.2, 0.25) is 0 Å². The molecule has 0 heterocycles. The molecule has 4 aromatic carbocycles. The molecule has 4 atom stereocenters. The third-order valence-electron chi connectivity index (χ3n) is 8.68. The van der Waals surface area contributed by atoms with Crippen molar-refractivity contribution in [1.82, 2.24) is 0 Å². The largest absolute Gasteiger partial charge is 2.00 e. The predicted molar refractivity (Wildman–Crippen MR) is 202 cm³/mol. The summed E-state index contributed by atoms with van der Waals surface area (Å²) in [6.45, 7) is 0. The zero-order chi connectivity index (χ0) is 46.6. The number of aliphatic hydroxyl groups excluding tert-OH is 2. The van der Waals surface area contributed by atoms with E-state index in [1.807, 2.05) is 24.3 Å². The quantitative estimate of drug-likeness (QED) is 0.123. The van der Waals surface area contributed by atoms with Crippen molar-refractivity contribution >= 4 is 24.9 Å².